The number of pyridine rings is 1. The standard InChI is InChI=1S/C22H18N3/c1-4-17-12-18-5-2-8-21(14-18)25-11-10-24(16-25)15-20-7-3-9-22(23-20)19(6-1)13-17/h1-11,13-14,16H,12,15H2/q+1. The van der Waals surface area contributed by atoms with Crippen LogP contribution in [0.15, 0.2) is 85.5 Å². The highest BCUT2D eigenvalue weighted by atomic mass is 15.1. The van der Waals surface area contributed by atoms with Crippen LogP contribution in [-0.4, -0.2) is 9.55 Å². The molecule has 0 saturated heterocycles. The van der Waals surface area contributed by atoms with Gasteiger partial charge in [0.2, 0.25) is 6.33 Å². The Hall–Kier alpha value is -3.20. The summed E-state index contributed by atoms with van der Waals surface area (Å²) in [7, 11) is 0. The van der Waals surface area contributed by atoms with E-state index in [4.69, 9.17) is 4.98 Å². The third-order valence-corrected chi connectivity index (χ3v) is 4.68. The lowest BCUT2D eigenvalue weighted by Gasteiger charge is -2.08. The summed E-state index contributed by atoms with van der Waals surface area (Å²) in [5.74, 6) is 0. The van der Waals surface area contributed by atoms with Crippen LogP contribution in [0.1, 0.15) is 16.8 Å². The fourth-order valence-corrected chi connectivity index (χ4v) is 3.46. The predicted molar refractivity (Wildman–Crippen MR) is 97.5 cm³/mol. The summed E-state index contributed by atoms with van der Waals surface area (Å²) in [4.78, 5) is 4.87. The molecule has 5 rings (SSSR count). The van der Waals surface area contributed by atoms with E-state index in [-0.39, 0.29) is 0 Å². The molecule has 1 aliphatic rings. The van der Waals surface area contributed by atoms with Crippen molar-refractivity contribution in [3.63, 3.8) is 0 Å². The zero-order valence-corrected chi connectivity index (χ0v) is 13.8. The molecule has 0 radical (unpaired) electrons. The molecule has 0 amide bonds. The van der Waals surface area contributed by atoms with E-state index in [2.05, 4.69) is 94.6 Å². The van der Waals surface area contributed by atoms with E-state index in [0.717, 1.165) is 24.4 Å². The molecule has 2 aromatic carbocycles. The molecule has 8 bridgehead atoms. The van der Waals surface area contributed by atoms with E-state index >= 15 is 0 Å². The maximum absolute atomic E-state index is 4.87. The van der Waals surface area contributed by atoms with Crippen molar-refractivity contribution < 1.29 is 4.57 Å². The van der Waals surface area contributed by atoms with E-state index in [1.165, 1.54) is 22.4 Å². The number of fused-ring (bicyclic) bond motifs is 10. The Morgan fingerprint density at radius 1 is 0.880 bits per heavy atom. The zero-order valence-electron chi connectivity index (χ0n) is 13.8. The minimum atomic E-state index is 0.764. The summed E-state index contributed by atoms with van der Waals surface area (Å²) >= 11 is 0. The van der Waals surface area contributed by atoms with Crippen LogP contribution in [-0.2, 0) is 13.0 Å². The molecule has 0 aliphatic carbocycles. The fraction of sp³-hybridized carbons (Fsp3) is 0.0909. The molecule has 1 aliphatic heterocycles. The van der Waals surface area contributed by atoms with Gasteiger partial charge in [-0.3, -0.25) is 0 Å². The molecule has 0 spiro atoms. The highest BCUT2D eigenvalue weighted by Gasteiger charge is 2.11. The van der Waals surface area contributed by atoms with Crippen LogP contribution in [0.3, 0.4) is 0 Å². The largest absolute Gasteiger partial charge is 0.249 e. The van der Waals surface area contributed by atoms with Crippen molar-refractivity contribution in [1.82, 2.24) is 9.55 Å². The van der Waals surface area contributed by atoms with Gasteiger partial charge < -0.3 is 0 Å². The normalized spacial score (nSPS) is 12.5. The molecular weight excluding hydrogens is 306 g/mol. The van der Waals surface area contributed by atoms with Crippen molar-refractivity contribution in [2.24, 2.45) is 0 Å². The second-order valence-electron chi connectivity index (χ2n) is 6.55. The molecule has 4 aromatic rings. The van der Waals surface area contributed by atoms with Gasteiger partial charge in [-0.05, 0) is 47.9 Å². The number of nitrogens with zero attached hydrogens (tertiary/aromatic N) is 3. The Bertz CT molecular complexity index is 1060. The first-order chi connectivity index (χ1) is 12.3. The Balaban J connectivity index is 1.71. The average Bonchev–Trinajstić information content (AvgIpc) is 3.10. The monoisotopic (exact) mass is 324 g/mol. The van der Waals surface area contributed by atoms with Gasteiger partial charge in [-0.2, -0.15) is 0 Å². The van der Waals surface area contributed by atoms with Crippen molar-refractivity contribution in [3.8, 4) is 16.9 Å². The second kappa shape index (κ2) is 5.71. The molecule has 3 heteroatoms. The van der Waals surface area contributed by atoms with Gasteiger partial charge in [-0.15, -0.1) is 0 Å². The van der Waals surface area contributed by atoms with Crippen molar-refractivity contribution in [1.29, 1.82) is 0 Å². The Labute approximate surface area is 146 Å². The average molecular weight is 324 g/mol. The molecule has 120 valence electrons. The summed E-state index contributed by atoms with van der Waals surface area (Å²) in [5, 5.41) is 0. The third-order valence-electron chi connectivity index (χ3n) is 4.68. The lowest BCUT2D eigenvalue weighted by atomic mass is 10.0. The molecule has 0 fully saturated rings. The van der Waals surface area contributed by atoms with Crippen molar-refractivity contribution in [2.45, 2.75) is 13.0 Å². The first kappa shape index (κ1) is 14.2. The Morgan fingerprint density at radius 2 is 1.72 bits per heavy atom. The molecule has 25 heavy (non-hydrogen) atoms. The maximum Gasteiger partial charge on any atom is 0.249 e. The topological polar surface area (TPSA) is 21.7 Å². The summed E-state index contributed by atoms with van der Waals surface area (Å²) in [6.45, 7) is 0.764. The van der Waals surface area contributed by atoms with E-state index in [1.807, 2.05) is 0 Å². The first-order valence-corrected chi connectivity index (χ1v) is 8.55. The summed E-state index contributed by atoms with van der Waals surface area (Å²) in [6, 6.07) is 23.7. The summed E-state index contributed by atoms with van der Waals surface area (Å²) < 4.78 is 4.33. The Morgan fingerprint density at radius 3 is 2.68 bits per heavy atom. The van der Waals surface area contributed by atoms with Crippen LogP contribution in [0.2, 0.25) is 0 Å². The van der Waals surface area contributed by atoms with Gasteiger partial charge in [0.05, 0.1) is 11.4 Å². The maximum atomic E-state index is 4.87. The number of imidazole rings is 1. The summed E-state index contributed by atoms with van der Waals surface area (Å²) in [6.07, 6.45) is 7.24. The number of hydrogen-bond acceptors (Lipinski definition) is 1. The van der Waals surface area contributed by atoms with E-state index in [9.17, 15) is 0 Å². The second-order valence-corrected chi connectivity index (χ2v) is 6.55. The van der Waals surface area contributed by atoms with Crippen LogP contribution in [0.4, 0.5) is 0 Å². The predicted octanol–water partition coefficient (Wildman–Crippen LogP) is 3.78. The van der Waals surface area contributed by atoms with Gasteiger partial charge in [0.1, 0.15) is 24.6 Å². The van der Waals surface area contributed by atoms with Crippen LogP contribution < -0.4 is 4.57 Å². The highest BCUT2D eigenvalue weighted by Crippen LogP contribution is 2.21. The van der Waals surface area contributed by atoms with Crippen LogP contribution in [0.5, 0.6) is 0 Å². The molecule has 0 unspecified atom stereocenters. The van der Waals surface area contributed by atoms with Gasteiger partial charge in [0, 0.05) is 5.56 Å². The third kappa shape index (κ3) is 2.74. The van der Waals surface area contributed by atoms with Crippen LogP contribution in [0, 0.1) is 0 Å². The van der Waals surface area contributed by atoms with E-state index in [0.29, 0.717) is 0 Å². The van der Waals surface area contributed by atoms with Gasteiger partial charge >= 0.3 is 0 Å². The van der Waals surface area contributed by atoms with Crippen LogP contribution >= 0.6 is 0 Å². The number of benzene rings is 2. The number of hydrogen-bond donors (Lipinski definition) is 0. The zero-order chi connectivity index (χ0) is 16.6. The smallest absolute Gasteiger partial charge is 0.249 e. The van der Waals surface area contributed by atoms with Gasteiger partial charge in [-0.25, -0.2) is 14.1 Å². The molecule has 3 nitrogen and oxygen atoms in total. The minimum absolute atomic E-state index is 0.764. The fourth-order valence-electron chi connectivity index (χ4n) is 3.46. The molecule has 0 atom stereocenters. The van der Waals surface area contributed by atoms with Crippen molar-refractivity contribution >= 4 is 0 Å². The van der Waals surface area contributed by atoms with Gasteiger partial charge in [-0.1, -0.05) is 36.4 Å². The first-order valence-electron chi connectivity index (χ1n) is 8.55. The van der Waals surface area contributed by atoms with Gasteiger partial charge in [0.25, 0.3) is 0 Å². The van der Waals surface area contributed by atoms with Crippen LogP contribution in [0.25, 0.3) is 16.9 Å². The molecule has 0 saturated carbocycles. The summed E-state index contributed by atoms with van der Waals surface area (Å²) in [5.41, 5.74) is 7.08. The number of rotatable bonds is 0. The quantitative estimate of drug-likeness (QED) is 0.397. The molecule has 0 N–H and O–H groups in total. The lowest BCUT2D eigenvalue weighted by Crippen LogP contribution is -2.32. The minimum Gasteiger partial charge on any atom is -0.249 e. The van der Waals surface area contributed by atoms with Crippen molar-refractivity contribution in [2.75, 3.05) is 0 Å². The highest BCUT2D eigenvalue weighted by molar-refractivity contribution is 5.60. The van der Waals surface area contributed by atoms with Crippen molar-refractivity contribution in [3.05, 3.63) is 102 Å². The van der Waals surface area contributed by atoms with Gasteiger partial charge in [0.15, 0.2) is 0 Å². The molecular formula is C22H18N3+. The van der Waals surface area contributed by atoms with E-state index in [1.54, 1.807) is 0 Å². The number of aromatic nitrogens is 3. The SMILES string of the molecule is c1cc2cc(c1)-c1cccc(n1)C[n+]1ccn(c1)-c1cccc(c1)C2. The molecule has 2 aromatic heterocycles. The molecule has 3 heterocycles. The lowest BCUT2D eigenvalue weighted by molar-refractivity contribution is -0.688. The Kier molecular flexibility index (Phi) is 3.23. The van der Waals surface area contributed by atoms with E-state index < -0.39 is 0 Å².